The van der Waals surface area contributed by atoms with Gasteiger partial charge in [-0.15, -0.1) is 15.3 Å². The van der Waals surface area contributed by atoms with Crippen LogP contribution in [-0.2, 0) is 6.42 Å². The van der Waals surface area contributed by atoms with Crippen molar-refractivity contribution in [3.8, 4) is 0 Å². The van der Waals surface area contributed by atoms with Crippen LogP contribution in [0.2, 0.25) is 0 Å². The molecule has 0 radical (unpaired) electrons. The maximum Gasteiger partial charge on any atom is 0.297 e. The number of aromatic nitrogens is 4. The van der Waals surface area contributed by atoms with Gasteiger partial charge in [0.15, 0.2) is 0 Å². The first-order valence-electron chi connectivity index (χ1n) is 6.25. The Labute approximate surface area is 127 Å². The van der Waals surface area contributed by atoms with Gasteiger partial charge in [-0.2, -0.15) is 4.52 Å². The number of rotatable bonds is 4. The molecule has 0 fully saturated rings. The molecule has 3 rings (SSSR count). The molecular formula is C12H10N6O3S. The van der Waals surface area contributed by atoms with Gasteiger partial charge in [0.2, 0.25) is 10.1 Å². The number of nitro benzene ring substituents is 1. The zero-order valence-corrected chi connectivity index (χ0v) is 12.2. The number of fused-ring (bicyclic) bond motifs is 1. The molecule has 10 heteroatoms. The second-order valence-electron chi connectivity index (χ2n) is 4.37. The molecule has 2 aromatic heterocycles. The molecule has 0 spiro atoms. The van der Waals surface area contributed by atoms with Gasteiger partial charge in [0.1, 0.15) is 5.69 Å². The van der Waals surface area contributed by atoms with Crippen molar-refractivity contribution in [1.82, 2.24) is 19.8 Å². The van der Waals surface area contributed by atoms with Gasteiger partial charge in [0.05, 0.1) is 4.92 Å². The average molecular weight is 318 g/mol. The lowest BCUT2D eigenvalue weighted by molar-refractivity contribution is -0.385. The molecule has 112 valence electrons. The largest absolute Gasteiger partial charge is 0.363 e. The Morgan fingerprint density at radius 3 is 2.86 bits per heavy atom. The summed E-state index contributed by atoms with van der Waals surface area (Å²) in [6.45, 7) is 0. The van der Waals surface area contributed by atoms with Crippen LogP contribution in [0.3, 0.4) is 0 Å². The van der Waals surface area contributed by atoms with Crippen LogP contribution in [-0.4, -0.2) is 31.8 Å². The van der Waals surface area contributed by atoms with E-state index in [0.29, 0.717) is 15.7 Å². The number of hydrogen-bond acceptors (Lipinski definition) is 8. The number of hydrogen-bond donors (Lipinski definition) is 1. The van der Waals surface area contributed by atoms with Crippen molar-refractivity contribution in [3.63, 3.8) is 0 Å². The molecule has 0 amide bonds. The third-order valence-corrected chi connectivity index (χ3v) is 3.93. The lowest BCUT2D eigenvalue weighted by Gasteiger charge is -2.01. The van der Waals surface area contributed by atoms with E-state index in [1.54, 1.807) is 25.2 Å². The molecule has 0 bridgehead atoms. The van der Waals surface area contributed by atoms with Crippen LogP contribution in [0.1, 0.15) is 11.3 Å². The lowest BCUT2D eigenvalue weighted by Crippen LogP contribution is -2.22. The highest BCUT2D eigenvalue weighted by Crippen LogP contribution is 2.20. The van der Waals surface area contributed by atoms with Crippen LogP contribution < -0.4 is 10.9 Å². The lowest BCUT2D eigenvalue weighted by atomic mass is 10.1. The summed E-state index contributed by atoms with van der Waals surface area (Å²) < 4.78 is 1.15. The Morgan fingerprint density at radius 2 is 2.14 bits per heavy atom. The zero-order chi connectivity index (χ0) is 15.7. The summed E-state index contributed by atoms with van der Waals surface area (Å²) in [5, 5.41) is 26.3. The molecular weight excluding hydrogens is 308 g/mol. The highest BCUT2D eigenvalue weighted by atomic mass is 32.1. The predicted molar refractivity (Wildman–Crippen MR) is 80.4 cm³/mol. The molecule has 1 N–H and O–H groups in total. The standard InChI is InChI=1S/C12H10N6O3S/c1-13-11-16-17-10(19)8(14-15-12(17)22-11)6-7-4-2-3-5-9(7)18(20)21/h2-5H,6H2,1H3,(H,13,16). The molecule has 0 aliphatic carbocycles. The van der Waals surface area contributed by atoms with Crippen molar-refractivity contribution in [3.05, 3.63) is 56.0 Å². The Morgan fingerprint density at radius 1 is 1.36 bits per heavy atom. The van der Waals surface area contributed by atoms with Gasteiger partial charge in [-0.1, -0.05) is 29.5 Å². The molecule has 0 unspecified atom stereocenters. The molecule has 0 saturated carbocycles. The van der Waals surface area contributed by atoms with Gasteiger partial charge in [-0.3, -0.25) is 14.9 Å². The summed E-state index contributed by atoms with van der Waals surface area (Å²) >= 11 is 1.19. The molecule has 9 nitrogen and oxygen atoms in total. The van der Waals surface area contributed by atoms with Gasteiger partial charge in [-0.25, -0.2) is 0 Å². The minimum absolute atomic E-state index is 0.0261. The van der Waals surface area contributed by atoms with Gasteiger partial charge in [-0.05, 0) is 0 Å². The van der Waals surface area contributed by atoms with Crippen LogP contribution in [0.5, 0.6) is 0 Å². The molecule has 3 aromatic rings. The minimum atomic E-state index is -0.485. The number of nitro groups is 1. The maximum absolute atomic E-state index is 12.4. The quantitative estimate of drug-likeness (QED) is 0.565. The van der Waals surface area contributed by atoms with E-state index < -0.39 is 10.5 Å². The summed E-state index contributed by atoms with van der Waals surface area (Å²) in [5.74, 6) is 0. The molecule has 22 heavy (non-hydrogen) atoms. The molecule has 0 atom stereocenters. The number of benzene rings is 1. The SMILES string of the molecule is CNc1nn2c(=O)c(Cc3ccccc3[N+](=O)[O-])nnc2s1. The maximum atomic E-state index is 12.4. The van der Waals surface area contributed by atoms with E-state index in [1.807, 2.05) is 0 Å². The first kappa shape index (κ1) is 14.1. The smallest absolute Gasteiger partial charge is 0.297 e. The van der Waals surface area contributed by atoms with Gasteiger partial charge in [0.25, 0.3) is 11.2 Å². The highest BCUT2D eigenvalue weighted by molar-refractivity contribution is 7.20. The van der Waals surface area contributed by atoms with Crippen molar-refractivity contribution in [2.45, 2.75) is 6.42 Å². The third-order valence-electron chi connectivity index (χ3n) is 3.02. The minimum Gasteiger partial charge on any atom is -0.363 e. The Balaban J connectivity index is 2.07. The van der Waals surface area contributed by atoms with Crippen molar-refractivity contribution < 1.29 is 4.92 Å². The summed E-state index contributed by atoms with van der Waals surface area (Å²) in [7, 11) is 1.68. The van der Waals surface area contributed by atoms with Gasteiger partial charge >= 0.3 is 0 Å². The summed E-state index contributed by atoms with van der Waals surface area (Å²) in [6, 6.07) is 6.23. The Kier molecular flexibility index (Phi) is 3.51. The van der Waals surface area contributed by atoms with E-state index in [2.05, 4.69) is 20.6 Å². The van der Waals surface area contributed by atoms with Crippen LogP contribution in [0.15, 0.2) is 29.1 Å². The van der Waals surface area contributed by atoms with Crippen molar-refractivity contribution in [2.24, 2.45) is 0 Å². The van der Waals surface area contributed by atoms with E-state index >= 15 is 0 Å². The van der Waals surface area contributed by atoms with Crippen molar-refractivity contribution in [1.29, 1.82) is 0 Å². The molecule has 0 aliphatic heterocycles. The molecule has 2 heterocycles. The normalized spacial score (nSPS) is 10.8. The van der Waals surface area contributed by atoms with Crippen LogP contribution in [0, 0.1) is 10.1 Å². The second-order valence-corrected chi connectivity index (χ2v) is 5.32. The van der Waals surface area contributed by atoms with Crippen molar-refractivity contribution >= 4 is 27.1 Å². The zero-order valence-electron chi connectivity index (χ0n) is 11.4. The Bertz CT molecular complexity index is 919. The average Bonchev–Trinajstić information content (AvgIpc) is 2.94. The first-order valence-corrected chi connectivity index (χ1v) is 7.07. The predicted octanol–water partition coefficient (Wildman–Crippen LogP) is 1.09. The molecule has 1 aromatic carbocycles. The van der Waals surface area contributed by atoms with Gasteiger partial charge < -0.3 is 5.32 Å². The molecule has 0 aliphatic rings. The number of nitrogens with zero attached hydrogens (tertiary/aromatic N) is 5. The third kappa shape index (κ3) is 2.39. The van der Waals surface area contributed by atoms with E-state index in [9.17, 15) is 14.9 Å². The number of para-hydroxylation sites is 1. The Hall–Kier alpha value is -2.88. The second kappa shape index (κ2) is 5.48. The van der Waals surface area contributed by atoms with Crippen LogP contribution in [0.25, 0.3) is 4.96 Å². The highest BCUT2D eigenvalue weighted by Gasteiger charge is 2.17. The van der Waals surface area contributed by atoms with Crippen LogP contribution in [0.4, 0.5) is 10.8 Å². The molecule has 0 saturated heterocycles. The fourth-order valence-electron chi connectivity index (χ4n) is 1.98. The summed E-state index contributed by atoms with van der Waals surface area (Å²) in [5.41, 5.74) is 0.0339. The fraction of sp³-hybridized carbons (Fsp3) is 0.167. The topological polar surface area (TPSA) is 115 Å². The van der Waals surface area contributed by atoms with Gasteiger partial charge in [0, 0.05) is 25.1 Å². The summed E-state index contributed by atoms with van der Waals surface area (Å²) in [4.78, 5) is 23.2. The van der Waals surface area contributed by atoms with Crippen LogP contribution >= 0.6 is 11.3 Å². The monoisotopic (exact) mass is 318 g/mol. The summed E-state index contributed by atoms with van der Waals surface area (Å²) in [6.07, 6.45) is 0.0261. The number of nitrogens with one attached hydrogen (secondary N) is 1. The van der Waals surface area contributed by atoms with E-state index in [1.165, 1.54) is 17.4 Å². The van der Waals surface area contributed by atoms with E-state index in [0.717, 1.165) is 4.52 Å². The fourth-order valence-corrected chi connectivity index (χ4v) is 2.67. The van der Waals surface area contributed by atoms with E-state index in [-0.39, 0.29) is 17.8 Å². The van der Waals surface area contributed by atoms with Crippen molar-refractivity contribution in [2.75, 3.05) is 12.4 Å². The number of anilines is 1. The first-order chi connectivity index (χ1) is 10.6. The van der Waals surface area contributed by atoms with E-state index in [4.69, 9.17) is 0 Å².